The molecule has 0 spiro atoms. The van der Waals surface area contributed by atoms with Crippen molar-refractivity contribution in [2.24, 2.45) is 0 Å². The molecule has 2 rings (SSSR count). The van der Waals surface area contributed by atoms with Gasteiger partial charge in [0.05, 0.1) is 0 Å². The van der Waals surface area contributed by atoms with Crippen LogP contribution >= 0.6 is 12.2 Å². The predicted octanol–water partition coefficient (Wildman–Crippen LogP) is 4.11. The fourth-order valence-electron chi connectivity index (χ4n) is 2.10. The first-order valence-corrected chi connectivity index (χ1v) is 7.17. The second-order valence-electron chi connectivity index (χ2n) is 5.08. The van der Waals surface area contributed by atoms with Crippen molar-refractivity contribution in [2.75, 3.05) is 0 Å². The van der Waals surface area contributed by atoms with E-state index in [1.165, 1.54) is 11.1 Å². The highest BCUT2D eigenvalue weighted by Gasteiger charge is 2.08. The summed E-state index contributed by atoms with van der Waals surface area (Å²) in [6.07, 6.45) is 1.56. The van der Waals surface area contributed by atoms with Crippen molar-refractivity contribution in [1.29, 1.82) is 0 Å². The molecule has 0 unspecified atom stereocenters. The maximum absolute atomic E-state index is 12.0. The number of rotatable bonds is 6. The van der Waals surface area contributed by atoms with Crippen molar-refractivity contribution in [3.63, 3.8) is 0 Å². The van der Waals surface area contributed by atoms with Gasteiger partial charge in [-0.25, -0.2) is 0 Å². The monoisotopic (exact) mass is 282 g/mol. The smallest absolute Gasteiger partial charge is 0.142 e. The summed E-state index contributed by atoms with van der Waals surface area (Å²) in [6, 6.07) is 18.1. The third-order valence-corrected chi connectivity index (χ3v) is 3.45. The Morgan fingerprint density at radius 2 is 1.50 bits per heavy atom. The van der Waals surface area contributed by atoms with Gasteiger partial charge in [0.15, 0.2) is 0 Å². The van der Waals surface area contributed by atoms with E-state index in [1.54, 1.807) is 0 Å². The largest absolute Gasteiger partial charge is 0.299 e. The second-order valence-corrected chi connectivity index (χ2v) is 5.66. The minimum atomic E-state index is 0.188. The molecule has 2 aromatic rings. The second kappa shape index (κ2) is 7.11. The van der Waals surface area contributed by atoms with Crippen molar-refractivity contribution in [1.82, 2.24) is 0 Å². The minimum absolute atomic E-state index is 0.188. The average molecular weight is 282 g/mol. The van der Waals surface area contributed by atoms with E-state index < -0.39 is 0 Å². The quantitative estimate of drug-likeness (QED) is 0.742. The Kier molecular flexibility index (Phi) is 5.19. The molecule has 0 heterocycles. The van der Waals surface area contributed by atoms with Gasteiger partial charge < -0.3 is 0 Å². The average Bonchev–Trinajstić information content (AvgIpc) is 2.42. The minimum Gasteiger partial charge on any atom is -0.299 e. The maximum atomic E-state index is 12.0. The summed E-state index contributed by atoms with van der Waals surface area (Å²) < 4.78 is 0. The normalized spacial score (nSPS) is 10.2. The van der Waals surface area contributed by atoms with Crippen LogP contribution < -0.4 is 0 Å². The summed E-state index contributed by atoms with van der Waals surface area (Å²) in [5, 5.41) is 0. The lowest BCUT2D eigenvalue weighted by Crippen LogP contribution is -2.10. The van der Waals surface area contributed by atoms with Crippen LogP contribution in [0.2, 0.25) is 0 Å². The number of carbonyl (C=O) groups is 1. The number of thiocarbonyl (C=S) groups is 1. The Labute approximate surface area is 125 Å². The Balaban J connectivity index is 1.85. The zero-order valence-electron chi connectivity index (χ0n) is 11.6. The summed E-state index contributed by atoms with van der Waals surface area (Å²) >= 11 is 5.34. The van der Waals surface area contributed by atoms with Crippen molar-refractivity contribution in [3.8, 4) is 0 Å². The number of hydrogen-bond acceptors (Lipinski definition) is 2. The van der Waals surface area contributed by atoms with Crippen LogP contribution in [-0.2, 0) is 17.6 Å². The zero-order chi connectivity index (χ0) is 14.4. The van der Waals surface area contributed by atoms with E-state index in [-0.39, 0.29) is 5.78 Å². The lowest BCUT2D eigenvalue weighted by molar-refractivity contribution is -0.117. The molecule has 0 aliphatic rings. The predicted molar refractivity (Wildman–Crippen MR) is 87.3 cm³/mol. The van der Waals surface area contributed by atoms with E-state index in [2.05, 4.69) is 31.2 Å². The standard InChI is InChI=1S/C18H18OS/c1-14-7-9-16(10-8-14)12-18(20)13-17(19)11-15-5-3-2-4-6-15/h2-10H,11-13H2,1H3. The molecule has 2 aromatic carbocycles. The van der Waals surface area contributed by atoms with Gasteiger partial charge in [-0.1, -0.05) is 72.4 Å². The molecule has 0 amide bonds. The molecule has 0 bridgehead atoms. The van der Waals surface area contributed by atoms with Gasteiger partial charge in [0.2, 0.25) is 0 Å². The molecule has 0 aliphatic carbocycles. The van der Waals surface area contributed by atoms with Gasteiger partial charge in [-0.15, -0.1) is 0 Å². The number of hydrogen-bond donors (Lipinski definition) is 0. The lowest BCUT2D eigenvalue weighted by atomic mass is 10.0. The van der Waals surface area contributed by atoms with Crippen LogP contribution in [0.1, 0.15) is 23.1 Å². The van der Waals surface area contributed by atoms with Crippen LogP contribution in [0.3, 0.4) is 0 Å². The third-order valence-electron chi connectivity index (χ3n) is 3.16. The van der Waals surface area contributed by atoms with Crippen molar-refractivity contribution in [3.05, 3.63) is 71.3 Å². The molecule has 102 valence electrons. The first-order valence-electron chi connectivity index (χ1n) is 6.76. The lowest BCUT2D eigenvalue weighted by Gasteiger charge is -2.05. The first kappa shape index (κ1) is 14.6. The first-order chi connectivity index (χ1) is 9.63. The summed E-state index contributed by atoms with van der Waals surface area (Å²) in [7, 11) is 0. The molecule has 0 aliphatic heterocycles. The molecule has 0 saturated carbocycles. The molecule has 0 saturated heterocycles. The molecule has 0 aromatic heterocycles. The van der Waals surface area contributed by atoms with Gasteiger partial charge in [0.1, 0.15) is 5.78 Å². The molecule has 2 heteroatoms. The van der Waals surface area contributed by atoms with E-state index in [4.69, 9.17) is 12.2 Å². The molecule has 0 N–H and O–H groups in total. The number of ketones is 1. The molecular formula is C18H18OS. The van der Waals surface area contributed by atoms with Crippen LogP contribution in [0.25, 0.3) is 0 Å². The summed E-state index contributed by atoms with van der Waals surface area (Å²) in [5.74, 6) is 0.188. The van der Waals surface area contributed by atoms with E-state index >= 15 is 0 Å². The van der Waals surface area contributed by atoms with Crippen LogP contribution in [0.5, 0.6) is 0 Å². The Morgan fingerprint density at radius 3 is 2.15 bits per heavy atom. The van der Waals surface area contributed by atoms with E-state index in [0.29, 0.717) is 19.3 Å². The highest BCUT2D eigenvalue weighted by atomic mass is 32.1. The van der Waals surface area contributed by atoms with Gasteiger partial charge in [0.25, 0.3) is 0 Å². The Hall–Kier alpha value is -1.80. The van der Waals surface area contributed by atoms with Gasteiger partial charge in [-0.3, -0.25) is 4.79 Å². The Bertz CT molecular complexity index is 585. The SMILES string of the molecule is Cc1ccc(CC(=S)CC(=O)Cc2ccccc2)cc1. The van der Waals surface area contributed by atoms with E-state index in [1.807, 2.05) is 30.3 Å². The van der Waals surface area contributed by atoms with E-state index in [9.17, 15) is 4.79 Å². The van der Waals surface area contributed by atoms with Gasteiger partial charge in [0, 0.05) is 24.1 Å². The number of aryl methyl sites for hydroxylation is 1. The number of benzene rings is 2. The fourth-order valence-corrected chi connectivity index (χ4v) is 2.43. The summed E-state index contributed by atoms with van der Waals surface area (Å²) in [5.41, 5.74) is 3.46. The van der Waals surface area contributed by atoms with Crippen LogP contribution in [0.15, 0.2) is 54.6 Å². The van der Waals surface area contributed by atoms with E-state index in [0.717, 1.165) is 10.4 Å². The summed E-state index contributed by atoms with van der Waals surface area (Å²) in [6.45, 7) is 2.06. The molecule has 0 radical (unpaired) electrons. The van der Waals surface area contributed by atoms with Crippen LogP contribution in [0.4, 0.5) is 0 Å². The highest BCUT2D eigenvalue weighted by Crippen LogP contribution is 2.08. The fraction of sp³-hybridized carbons (Fsp3) is 0.222. The molecule has 20 heavy (non-hydrogen) atoms. The van der Waals surface area contributed by atoms with Gasteiger partial charge in [-0.05, 0) is 18.1 Å². The molecule has 0 fully saturated rings. The number of Topliss-reactive ketones (excluding diaryl/α,β-unsaturated/α-hetero) is 1. The van der Waals surface area contributed by atoms with Gasteiger partial charge in [-0.2, -0.15) is 0 Å². The topological polar surface area (TPSA) is 17.1 Å². The highest BCUT2D eigenvalue weighted by molar-refractivity contribution is 7.80. The van der Waals surface area contributed by atoms with Crippen molar-refractivity contribution in [2.45, 2.75) is 26.2 Å². The molecule has 1 nitrogen and oxygen atoms in total. The van der Waals surface area contributed by atoms with Crippen LogP contribution in [-0.4, -0.2) is 10.6 Å². The number of carbonyl (C=O) groups excluding carboxylic acids is 1. The van der Waals surface area contributed by atoms with Crippen molar-refractivity contribution >= 4 is 22.9 Å². The van der Waals surface area contributed by atoms with Crippen LogP contribution in [0, 0.1) is 6.92 Å². The van der Waals surface area contributed by atoms with Gasteiger partial charge >= 0.3 is 0 Å². The molecule has 0 atom stereocenters. The van der Waals surface area contributed by atoms with Crippen molar-refractivity contribution < 1.29 is 4.79 Å². The Morgan fingerprint density at radius 1 is 0.900 bits per heavy atom. The summed E-state index contributed by atoms with van der Waals surface area (Å²) in [4.78, 5) is 12.8. The molecular weight excluding hydrogens is 264 g/mol. The third kappa shape index (κ3) is 4.71. The zero-order valence-corrected chi connectivity index (χ0v) is 12.5. The maximum Gasteiger partial charge on any atom is 0.142 e.